The first-order valence-electron chi connectivity index (χ1n) is 11.4. The highest BCUT2D eigenvalue weighted by Crippen LogP contribution is 2.35. The first-order valence-corrected chi connectivity index (χ1v) is 11.4. The molecular formula is C27H38N2O4. The lowest BCUT2D eigenvalue weighted by Crippen LogP contribution is -2.45. The summed E-state index contributed by atoms with van der Waals surface area (Å²) in [4.78, 5) is 24.2. The molecule has 0 saturated heterocycles. The number of hydrazine groups is 1. The Bertz CT molecular complexity index is 952. The zero-order valence-electron chi connectivity index (χ0n) is 21.2. The molecule has 0 unspecified atom stereocenters. The van der Waals surface area contributed by atoms with E-state index in [1.807, 2.05) is 36.4 Å². The van der Waals surface area contributed by atoms with Gasteiger partial charge in [-0.1, -0.05) is 79.7 Å². The maximum Gasteiger partial charge on any atom is 0.276 e. The average molecular weight is 455 g/mol. The van der Waals surface area contributed by atoms with E-state index in [0.29, 0.717) is 17.4 Å². The summed E-state index contributed by atoms with van der Waals surface area (Å²) in [7, 11) is 0. The summed E-state index contributed by atoms with van der Waals surface area (Å²) >= 11 is 0. The largest absolute Gasteiger partial charge is 0.484 e. The van der Waals surface area contributed by atoms with Gasteiger partial charge >= 0.3 is 0 Å². The average Bonchev–Trinajstić information content (AvgIpc) is 2.73. The Labute approximate surface area is 198 Å². The molecule has 6 heteroatoms. The van der Waals surface area contributed by atoms with Crippen LogP contribution in [0.1, 0.15) is 78.0 Å². The molecule has 0 aromatic heterocycles. The van der Waals surface area contributed by atoms with Gasteiger partial charge in [0.1, 0.15) is 11.5 Å². The van der Waals surface area contributed by atoms with E-state index in [1.165, 1.54) is 11.1 Å². The number of nitrogens with one attached hydrogen (secondary N) is 2. The Kier molecular flexibility index (Phi) is 8.53. The van der Waals surface area contributed by atoms with Gasteiger partial charge in [0.25, 0.3) is 11.8 Å². The van der Waals surface area contributed by atoms with Gasteiger partial charge in [0.2, 0.25) is 0 Å². The van der Waals surface area contributed by atoms with Crippen LogP contribution in [0.15, 0.2) is 42.5 Å². The molecule has 0 aliphatic rings. The summed E-state index contributed by atoms with van der Waals surface area (Å²) in [5.41, 5.74) is 8.01. The lowest BCUT2D eigenvalue weighted by Gasteiger charge is -2.27. The van der Waals surface area contributed by atoms with Gasteiger partial charge < -0.3 is 9.47 Å². The molecule has 6 nitrogen and oxygen atoms in total. The van der Waals surface area contributed by atoms with E-state index in [9.17, 15) is 9.59 Å². The van der Waals surface area contributed by atoms with Crippen LogP contribution in [0.25, 0.3) is 0 Å². The van der Waals surface area contributed by atoms with Crippen LogP contribution in [0.5, 0.6) is 11.5 Å². The van der Waals surface area contributed by atoms with E-state index in [4.69, 9.17) is 9.47 Å². The fourth-order valence-corrected chi connectivity index (χ4v) is 3.16. The number of carbonyl (C=O) groups excluding carboxylic acids is 2. The molecule has 0 aliphatic carbocycles. The molecule has 0 fully saturated rings. The van der Waals surface area contributed by atoms with E-state index in [-0.39, 0.29) is 24.0 Å². The minimum absolute atomic E-state index is 0.0126. The zero-order valence-corrected chi connectivity index (χ0v) is 21.2. The van der Waals surface area contributed by atoms with Crippen molar-refractivity contribution in [3.05, 3.63) is 59.2 Å². The van der Waals surface area contributed by atoms with Gasteiger partial charge in [-0.15, -0.1) is 0 Å². The Balaban J connectivity index is 1.85. The molecule has 0 aliphatic heterocycles. The molecule has 0 spiro atoms. The number of rotatable bonds is 7. The number of benzene rings is 2. The molecule has 0 saturated carbocycles. The topological polar surface area (TPSA) is 76.7 Å². The Morgan fingerprint density at radius 1 is 0.788 bits per heavy atom. The normalized spacial score (nSPS) is 11.8. The van der Waals surface area contributed by atoms with E-state index in [2.05, 4.69) is 72.3 Å². The summed E-state index contributed by atoms with van der Waals surface area (Å²) in [6.45, 7) is 16.6. The maximum absolute atomic E-state index is 12.2. The van der Waals surface area contributed by atoms with Crippen molar-refractivity contribution in [3.63, 3.8) is 0 Å². The highest BCUT2D eigenvalue weighted by Gasteiger charge is 2.23. The number of amides is 2. The fraction of sp³-hybridized carbons (Fsp3) is 0.481. The molecule has 0 radical (unpaired) electrons. The Morgan fingerprint density at radius 2 is 1.33 bits per heavy atom. The van der Waals surface area contributed by atoms with E-state index in [1.54, 1.807) is 0 Å². The molecule has 0 bridgehead atoms. The third kappa shape index (κ3) is 8.12. The molecule has 2 amide bonds. The van der Waals surface area contributed by atoms with Gasteiger partial charge in [0.05, 0.1) is 0 Å². The third-order valence-corrected chi connectivity index (χ3v) is 5.27. The van der Waals surface area contributed by atoms with Crippen molar-refractivity contribution in [1.29, 1.82) is 0 Å². The number of carbonyl (C=O) groups is 2. The van der Waals surface area contributed by atoms with E-state index >= 15 is 0 Å². The quantitative estimate of drug-likeness (QED) is 0.577. The van der Waals surface area contributed by atoms with Crippen LogP contribution >= 0.6 is 0 Å². The van der Waals surface area contributed by atoms with Crippen molar-refractivity contribution in [2.45, 2.75) is 72.1 Å². The SMILES string of the molecule is CC(C)c1ccc(OCC(=O)NNC(=O)COc2ccc(C(C)(C)C)cc2C(C)(C)C)cc1. The summed E-state index contributed by atoms with van der Waals surface area (Å²) < 4.78 is 11.3. The second-order valence-corrected chi connectivity index (χ2v) is 10.6. The number of ether oxygens (including phenoxy) is 2. The summed E-state index contributed by atoms with van der Waals surface area (Å²) in [6, 6.07) is 13.7. The highest BCUT2D eigenvalue weighted by atomic mass is 16.5. The second-order valence-electron chi connectivity index (χ2n) is 10.6. The van der Waals surface area contributed by atoms with Gasteiger partial charge in [-0.25, -0.2) is 0 Å². The van der Waals surface area contributed by atoms with Crippen LogP contribution in [0, 0.1) is 0 Å². The van der Waals surface area contributed by atoms with Crippen LogP contribution in [0.3, 0.4) is 0 Å². The molecule has 33 heavy (non-hydrogen) atoms. The van der Waals surface area contributed by atoms with Gasteiger partial charge in [0, 0.05) is 0 Å². The van der Waals surface area contributed by atoms with Gasteiger partial charge in [-0.05, 0) is 51.6 Å². The lowest BCUT2D eigenvalue weighted by atomic mass is 9.80. The van der Waals surface area contributed by atoms with Crippen LogP contribution < -0.4 is 20.3 Å². The monoisotopic (exact) mass is 454 g/mol. The minimum Gasteiger partial charge on any atom is -0.484 e. The van der Waals surface area contributed by atoms with Crippen LogP contribution in [-0.2, 0) is 20.4 Å². The summed E-state index contributed by atoms with van der Waals surface area (Å²) in [6.07, 6.45) is 0. The van der Waals surface area contributed by atoms with E-state index in [0.717, 1.165) is 5.56 Å². The van der Waals surface area contributed by atoms with Crippen molar-refractivity contribution in [1.82, 2.24) is 10.9 Å². The minimum atomic E-state index is -0.457. The summed E-state index contributed by atoms with van der Waals surface area (Å²) in [5.74, 6) is 0.768. The molecular weight excluding hydrogens is 416 g/mol. The Morgan fingerprint density at radius 3 is 1.82 bits per heavy atom. The maximum atomic E-state index is 12.2. The number of hydrogen-bond acceptors (Lipinski definition) is 4. The predicted molar refractivity (Wildman–Crippen MR) is 132 cm³/mol. The number of hydrogen-bond donors (Lipinski definition) is 2. The standard InChI is InChI=1S/C27H38N2O4/c1-18(2)19-9-12-21(13-10-19)32-16-24(30)28-29-25(31)17-33-23-14-11-20(26(3,4)5)15-22(23)27(6,7)8/h9-15,18H,16-17H2,1-8H3,(H,28,30)(H,29,31). The first-order chi connectivity index (χ1) is 15.3. The van der Waals surface area contributed by atoms with Crippen molar-refractivity contribution >= 4 is 11.8 Å². The van der Waals surface area contributed by atoms with Gasteiger partial charge in [-0.3, -0.25) is 20.4 Å². The highest BCUT2D eigenvalue weighted by molar-refractivity contribution is 5.83. The predicted octanol–water partition coefficient (Wildman–Crippen LogP) is 5.01. The third-order valence-electron chi connectivity index (χ3n) is 5.27. The molecule has 180 valence electrons. The second kappa shape index (κ2) is 10.7. The van der Waals surface area contributed by atoms with Crippen LogP contribution in [0.4, 0.5) is 0 Å². The molecule has 2 rings (SSSR count). The van der Waals surface area contributed by atoms with Gasteiger partial charge in [0.15, 0.2) is 13.2 Å². The lowest BCUT2D eigenvalue weighted by molar-refractivity contribution is -0.131. The van der Waals surface area contributed by atoms with Crippen molar-refractivity contribution in [2.24, 2.45) is 0 Å². The van der Waals surface area contributed by atoms with Crippen molar-refractivity contribution in [3.8, 4) is 11.5 Å². The summed E-state index contributed by atoms with van der Waals surface area (Å²) in [5, 5.41) is 0. The zero-order chi connectivity index (χ0) is 24.8. The molecule has 0 heterocycles. The fourth-order valence-electron chi connectivity index (χ4n) is 3.16. The molecule has 2 aromatic carbocycles. The van der Waals surface area contributed by atoms with E-state index < -0.39 is 11.8 Å². The van der Waals surface area contributed by atoms with Gasteiger partial charge in [-0.2, -0.15) is 0 Å². The van der Waals surface area contributed by atoms with Crippen molar-refractivity contribution < 1.29 is 19.1 Å². The van der Waals surface area contributed by atoms with Crippen LogP contribution in [-0.4, -0.2) is 25.0 Å². The molecule has 2 aromatic rings. The molecule has 2 N–H and O–H groups in total. The first kappa shape index (κ1) is 26.2. The van der Waals surface area contributed by atoms with Crippen molar-refractivity contribution in [2.75, 3.05) is 13.2 Å². The molecule has 0 atom stereocenters. The van der Waals surface area contributed by atoms with Crippen LogP contribution in [0.2, 0.25) is 0 Å². The smallest absolute Gasteiger partial charge is 0.276 e. The Hall–Kier alpha value is -3.02.